The van der Waals surface area contributed by atoms with Crippen LogP contribution in [0.1, 0.15) is 30.8 Å². The first-order valence-electron chi connectivity index (χ1n) is 6.52. The molecule has 3 rings (SSSR count). The van der Waals surface area contributed by atoms with Crippen LogP contribution in [0.15, 0.2) is 21.5 Å². The second kappa shape index (κ2) is 5.31. The number of carbonyl (C=O) groups excluding carboxylic acids is 1. The summed E-state index contributed by atoms with van der Waals surface area (Å²) in [7, 11) is 0. The summed E-state index contributed by atoms with van der Waals surface area (Å²) in [6.07, 6.45) is 2.76. The van der Waals surface area contributed by atoms with Gasteiger partial charge in [-0.15, -0.1) is 0 Å². The number of amides is 1. The van der Waals surface area contributed by atoms with Gasteiger partial charge in [0, 0.05) is 12.0 Å². The van der Waals surface area contributed by atoms with Crippen molar-refractivity contribution in [3.05, 3.63) is 28.6 Å². The number of hydrogen-bond acceptors (Lipinski definition) is 5. The fourth-order valence-electron chi connectivity index (χ4n) is 2.26. The van der Waals surface area contributed by atoms with Crippen LogP contribution >= 0.6 is 24.0 Å². The van der Waals surface area contributed by atoms with Gasteiger partial charge in [0.25, 0.3) is 5.91 Å². The molecule has 1 N–H and O–H groups in total. The van der Waals surface area contributed by atoms with Crippen LogP contribution in [0.3, 0.4) is 0 Å². The first kappa shape index (κ1) is 14.3. The maximum atomic E-state index is 12.1. The molecule has 0 radical (unpaired) electrons. The first-order valence-corrected chi connectivity index (χ1v) is 7.75. The number of furan rings is 1. The van der Waals surface area contributed by atoms with Crippen molar-refractivity contribution >= 4 is 46.3 Å². The van der Waals surface area contributed by atoms with Crippen molar-refractivity contribution in [3.8, 4) is 0 Å². The van der Waals surface area contributed by atoms with Gasteiger partial charge in [-0.25, -0.2) is 0 Å². The molecule has 0 aromatic carbocycles. The lowest BCUT2D eigenvalue weighted by molar-refractivity contribution is -0.140. The smallest absolute Gasteiger partial charge is 0.323 e. The number of carboxylic acid groups (broad SMARTS) is 1. The lowest BCUT2D eigenvalue weighted by Crippen LogP contribution is -2.33. The van der Waals surface area contributed by atoms with Gasteiger partial charge in [-0.05, 0) is 24.5 Å². The van der Waals surface area contributed by atoms with Gasteiger partial charge in [0.2, 0.25) is 0 Å². The monoisotopic (exact) mass is 323 g/mol. The summed E-state index contributed by atoms with van der Waals surface area (Å²) in [5.41, 5.74) is 0. The predicted molar refractivity (Wildman–Crippen MR) is 82.7 cm³/mol. The predicted octanol–water partition coefficient (Wildman–Crippen LogP) is 2.69. The fourth-order valence-corrected chi connectivity index (χ4v) is 3.50. The fraction of sp³-hybridized carbons (Fsp3) is 0.357. The van der Waals surface area contributed by atoms with Crippen LogP contribution < -0.4 is 0 Å². The summed E-state index contributed by atoms with van der Waals surface area (Å²) < 4.78 is 5.98. The van der Waals surface area contributed by atoms with Gasteiger partial charge in [0.05, 0.1) is 4.91 Å². The second-order valence-corrected chi connectivity index (χ2v) is 6.90. The molecule has 2 aliphatic rings. The standard InChI is InChI=1S/C14H13NO4S2/c1-7-4-9(7)10-3-2-8(19-10)5-11-13(18)15(6-12(16)17)14(20)21-11/h2-3,5,7,9H,4,6H2,1H3,(H,16,17)/b11-5-/t7-,9+/m0/s1. The van der Waals surface area contributed by atoms with Crippen LogP contribution in [0.25, 0.3) is 6.08 Å². The highest BCUT2D eigenvalue weighted by atomic mass is 32.2. The Labute approximate surface area is 131 Å². The minimum absolute atomic E-state index is 0.260. The third-order valence-electron chi connectivity index (χ3n) is 3.56. The van der Waals surface area contributed by atoms with Crippen molar-refractivity contribution in [1.82, 2.24) is 4.90 Å². The molecule has 1 saturated carbocycles. The van der Waals surface area contributed by atoms with E-state index >= 15 is 0 Å². The first-order chi connectivity index (χ1) is 9.95. The van der Waals surface area contributed by atoms with Gasteiger partial charge in [0.1, 0.15) is 22.4 Å². The van der Waals surface area contributed by atoms with Crippen molar-refractivity contribution in [2.45, 2.75) is 19.3 Å². The molecule has 0 unspecified atom stereocenters. The Morgan fingerprint density at radius 3 is 2.95 bits per heavy atom. The molecule has 0 bridgehead atoms. The molecule has 110 valence electrons. The van der Waals surface area contributed by atoms with Gasteiger partial charge in [-0.3, -0.25) is 14.5 Å². The van der Waals surface area contributed by atoms with E-state index < -0.39 is 12.5 Å². The number of thiocarbonyl (C=S) groups is 1. The molecule has 7 heteroatoms. The van der Waals surface area contributed by atoms with Crippen LogP contribution in [0, 0.1) is 5.92 Å². The van der Waals surface area contributed by atoms with Crippen molar-refractivity contribution in [1.29, 1.82) is 0 Å². The molecule has 2 fully saturated rings. The summed E-state index contributed by atoms with van der Waals surface area (Å²) in [5.74, 6) is 1.20. The highest BCUT2D eigenvalue weighted by Crippen LogP contribution is 2.47. The van der Waals surface area contributed by atoms with Crippen molar-refractivity contribution in [2.24, 2.45) is 5.92 Å². The normalized spacial score (nSPS) is 26.7. The van der Waals surface area contributed by atoms with Crippen molar-refractivity contribution in [3.63, 3.8) is 0 Å². The molecule has 0 spiro atoms. The summed E-state index contributed by atoms with van der Waals surface area (Å²) in [6, 6.07) is 3.75. The highest BCUT2D eigenvalue weighted by Gasteiger charge is 2.37. The summed E-state index contributed by atoms with van der Waals surface area (Å²) in [6.45, 7) is 1.76. The van der Waals surface area contributed by atoms with E-state index in [2.05, 4.69) is 6.92 Å². The van der Waals surface area contributed by atoms with Crippen LogP contribution in [0.2, 0.25) is 0 Å². The lowest BCUT2D eigenvalue weighted by Gasteiger charge is -2.09. The quantitative estimate of drug-likeness (QED) is 0.678. The number of hydrogen-bond donors (Lipinski definition) is 1. The van der Waals surface area contributed by atoms with E-state index in [-0.39, 0.29) is 10.2 Å². The molecular weight excluding hydrogens is 310 g/mol. The van der Waals surface area contributed by atoms with E-state index in [1.165, 1.54) is 0 Å². The number of carboxylic acids is 1. The molecule has 21 heavy (non-hydrogen) atoms. The van der Waals surface area contributed by atoms with Gasteiger partial charge in [-0.2, -0.15) is 0 Å². The topological polar surface area (TPSA) is 70.8 Å². The number of thioether (sulfide) groups is 1. The van der Waals surface area contributed by atoms with Crippen LogP contribution in [0.5, 0.6) is 0 Å². The third kappa shape index (κ3) is 2.89. The summed E-state index contributed by atoms with van der Waals surface area (Å²) >= 11 is 6.13. The molecule has 1 saturated heterocycles. The zero-order valence-corrected chi connectivity index (χ0v) is 12.9. The van der Waals surface area contributed by atoms with Gasteiger partial charge >= 0.3 is 5.97 Å². The molecular formula is C14H13NO4S2. The maximum absolute atomic E-state index is 12.1. The number of nitrogens with zero attached hydrogens (tertiary/aromatic N) is 1. The van der Waals surface area contributed by atoms with Crippen molar-refractivity contribution < 1.29 is 19.1 Å². The second-order valence-electron chi connectivity index (χ2n) is 5.22. The summed E-state index contributed by atoms with van der Waals surface area (Å²) in [5, 5.41) is 8.78. The SMILES string of the molecule is C[C@H]1C[C@H]1c1ccc(/C=C2\SC(=S)N(CC(=O)O)C2=O)o1. The van der Waals surface area contributed by atoms with E-state index in [4.69, 9.17) is 21.7 Å². The highest BCUT2D eigenvalue weighted by molar-refractivity contribution is 8.26. The van der Waals surface area contributed by atoms with Crippen LogP contribution in [-0.4, -0.2) is 32.7 Å². The molecule has 1 amide bonds. The third-order valence-corrected chi connectivity index (χ3v) is 4.94. The molecule has 1 aromatic rings. The average Bonchev–Trinajstić information content (AvgIpc) is 2.87. The minimum atomic E-state index is -1.09. The summed E-state index contributed by atoms with van der Waals surface area (Å²) in [4.78, 5) is 24.3. The Morgan fingerprint density at radius 2 is 2.33 bits per heavy atom. The minimum Gasteiger partial charge on any atom is -0.480 e. The van der Waals surface area contributed by atoms with E-state index in [1.807, 2.05) is 12.1 Å². The Morgan fingerprint density at radius 1 is 1.62 bits per heavy atom. The average molecular weight is 323 g/mol. The van der Waals surface area contributed by atoms with E-state index in [0.29, 0.717) is 22.5 Å². The van der Waals surface area contributed by atoms with Gasteiger partial charge < -0.3 is 9.52 Å². The molecule has 1 aliphatic heterocycles. The van der Waals surface area contributed by atoms with E-state index in [0.717, 1.165) is 28.8 Å². The lowest BCUT2D eigenvalue weighted by atomic mass is 10.3. The maximum Gasteiger partial charge on any atom is 0.323 e. The Hall–Kier alpha value is -1.60. The van der Waals surface area contributed by atoms with Gasteiger partial charge in [-0.1, -0.05) is 30.9 Å². The number of aliphatic carboxylic acids is 1. The zero-order chi connectivity index (χ0) is 15.1. The molecule has 1 aromatic heterocycles. The van der Waals surface area contributed by atoms with Crippen LogP contribution in [0.4, 0.5) is 0 Å². The number of rotatable bonds is 4. The molecule has 2 atom stereocenters. The largest absolute Gasteiger partial charge is 0.480 e. The Balaban J connectivity index is 1.77. The Kier molecular flexibility index (Phi) is 3.62. The van der Waals surface area contributed by atoms with E-state index in [1.54, 1.807) is 6.08 Å². The van der Waals surface area contributed by atoms with Crippen LogP contribution in [-0.2, 0) is 9.59 Å². The number of carbonyl (C=O) groups is 2. The zero-order valence-electron chi connectivity index (χ0n) is 11.2. The Bertz CT molecular complexity index is 664. The van der Waals surface area contributed by atoms with E-state index in [9.17, 15) is 9.59 Å². The molecule has 2 heterocycles. The van der Waals surface area contributed by atoms with Crippen molar-refractivity contribution in [2.75, 3.05) is 6.54 Å². The van der Waals surface area contributed by atoms with Gasteiger partial charge in [0.15, 0.2) is 0 Å². The molecule has 5 nitrogen and oxygen atoms in total. The molecule has 1 aliphatic carbocycles.